The Hall–Kier alpha value is -2.00. The Balaban J connectivity index is 3.19. The molecule has 1 amide bonds. The minimum atomic E-state index is -4.26. The summed E-state index contributed by atoms with van der Waals surface area (Å²) in [5, 5.41) is 19.5. The molecule has 0 fully saturated rings. The highest BCUT2D eigenvalue weighted by molar-refractivity contribution is 7.92. The van der Waals surface area contributed by atoms with Crippen LogP contribution >= 0.6 is 0 Å². The second-order valence-electron chi connectivity index (χ2n) is 4.28. The minimum absolute atomic E-state index is 0.191. The van der Waals surface area contributed by atoms with Gasteiger partial charge in [-0.15, -0.1) is 0 Å². The van der Waals surface area contributed by atoms with Crippen LogP contribution in [-0.2, 0) is 14.6 Å². The van der Waals surface area contributed by atoms with Crippen LogP contribution in [0.25, 0.3) is 0 Å². The van der Waals surface area contributed by atoms with E-state index in [0.717, 1.165) is 6.92 Å². The van der Waals surface area contributed by atoms with Gasteiger partial charge in [-0.1, -0.05) is 18.2 Å². The predicted octanol–water partition coefficient (Wildman–Crippen LogP) is 0.739. The van der Waals surface area contributed by atoms with Crippen molar-refractivity contribution in [1.29, 1.82) is 0 Å². The SMILES string of the molecule is C[C@](CCC(=O)NO)([N+](=O)[O-])S(=O)(=O)c1ccccc1. The molecule has 0 spiro atoms. The molecule has 110 valence electrons. The smallest absolute Gasteiger partial charge is 0.289 e. The molecule has 0 heterocycles. The Morgan fingerprint density at radius 2 is 1.95 bits per heavy atom. The zero-order valence-corrected chi connectivity index (χ0v) is 11.5. The molecular weight excluding hydrogens is 288 g/mol. The summed E-state index contributed by atoms with van der Waals surface area (Å²) in [5.74, 6) is -0.888. The third-order valence-electron chi connectivity index (χ3n) is 2.96. The number of sulfone groups is 1. The molecule has 0 unspecified atom stereocenters. The van der Waals surface area contributed by atoms with Crippen LogP contribution < -0.4 is 5.48 Å². The van der Waals surface area contributed by atoms with E-state index in [0.29, 0.717) is 0 Å². The van der Waals surface area contributed by atoms with Gasteiger partial charge in [-0.25, -0.2) is 13.9 Å². The number of benzene rings is 1. The van der Waals surface area contributed by atoms with Gasteiger partial charge in [-0.3, -0.25) is 20.1 Å². The van der Waals surface area contributed by atoms with Gasteiger partial charge in [-0.2, -0.15) is 0 Å². The first-order chi connectivity index (χ1) is 9.25. The lowest BCUT2D eigenvalue weighted by Crippen LogP contribution is -2.44. The van der Waals surface area contributed by atoms with E-state index >= 15 is 0 Å². The fourth-order valence-corrected chi connectivity index (χ4v) is 3.17. The van der Waals surface area contributed by atoms with Crippen molar-refractivity contribution in [1.82, 2.24) is 5.48 Å². The van der Waals surface area contributed by atoms with E-state index in [4.69, 9.17) is 5.21 Å². The fraction of sp³-hybridized carbons (Fsp3) is 0.364. The molecule has 1 atom stereocenters. The highest BCUT2D eigenvalue weighted by Crippen LogP contribution is 2.30. The third-order valence-corrected chi connectivity index (χ3v) is 5.36. The molecule has 20 heavy (non-hydrogen) atoms. The van der Waals surface area contributed by atoms with Gasteiger partial charge in [0.15, 0.2) is 0 Å². The van der Waals surface area contributed by atoms with Gasteiger partial charge in [0.25, 0.3) is 0 Å². The van der Waals surface area contributed by atoms with Crippen LogP contribution in [0.3, 0.4) is 0 Å². The van der Waals surface area contributed by atoms with Crippen LogP contribution in [0.5, 0.6) is 0 Å². The average Bonchev–Trinajstić information content (AvgIpc) is 2.44. The number of nitrogens with one attached hydrogen (secondary N) is 1. The predicted molar refractivity (Wildman–Crippen MR) is 68.2 cm³/mol. The summed E-state index contributed by atoms with van der Waals surface area (Å²) in [6.07, 6.45) is -1.04. The van der Waals surface area contributed by atoms with Crippen molar-refractivity contribution in [2.24, 2.45) is 0 Å². The summed E-state index contributed by atoms with van der Waals surface area (Å²) in [5.41, 5.74) is 1.31. The van der Waals surface area contributed by atoms with E-state index in [-0.39, 0.29) is 4.90 Å². The van der Waals surface area contributed by atoms with E-state index in [1.54, 1.807) is 6.07 Å². The number of hydroxylamine groups is 1. The molecular formula is C11H14N2O6S. The molecule has 1 rings (SSSR count). The molecule has 8 nitrogen and oxygen atoms in total. The number of carbonyl (C=O) groups is 1. The molecule has 0 bridgehead atoms. The first-order valence-corrected chi connectivity index (χ1v) is 7.11. The van der Waals surface area contributed by atoms with E-state index < -0.39 is 38.4 Å². The van der Waals surface area contributed by atoms with Crippen molar-refractivity contribution in [3.63, 3.8) is 0 Å². The van der Waals surface area contributed by atoms with Gasteiger partial charge in [0.05, 0.1) is 4.90 Å². The molecule has 2 N–H and O–H groups in total. The molecule has 1 aromatic carbocycles. The maximum absolute atomic E-state index is 12.4. The molecule has 0 aliphatic heterocycles. The first kappa shape index (κ1) is 16.1. The van der Waals surface area contributed by atoms with E-state index in [2.05, 4.69) is 0 Å². The van der Waals surface area contributed by atoms with Gasteiger partial charge >= 0.3 is 4.87 Å². The molecule has 0 aliphatic carbocycles. The van der Waals surface area contributed by atoms with Gasteiger partial charge in [0.1, 0.15) is 0 Å². The van der Waals surface area contributed by atoms with Crippen molar-refractivity contribution >= 4 is 15.7 Å². The summed E-state index contributed by atoms with van der Waals surface area (Å²) in [6, 6.07) is 7.00. The third kappa shape index (κ3) is 2.94. The summed E-state index contributed by atoms with van der Waals surface area (Å²) in [6.45, 7) is 0.944. The highest BCUT2D eigenvalue weighted by atomic mass is 32.2. The fourth-order valence-electron chi connectivity index (χ4n) is 1.58. The Labute approximate surface area is 115 Å². The lowest BCUT2D eigenvalue weighted by Gasteiger charge is -2.20. The van der Waals surface area contributed by atoms with Crippen LogP contribution in [-0.4, -0.2) is 29.3 Å². The zero-order chi connectivity index (χ0) is 15.4. The van der Waals surface area contributed by atoms with Crippen LogP contribution in [0.15, 0.2) is 35.2 Å². The van der Waals surface area contributed by atoms with Crippen LogP contribution in [0, 0.1) is 10.1 Å². The second-order valence-corrected chi connectivity index (χ2v) is 6.64. The molecule has 0 aliphatic rings. The Morgan fingerprint density at radius 3 is 2.40 bits per heavy atom. The molecule has 0 saturated carbocycles. The van der Waals surface area contributed by atoms with E-state index in [1.807, 2.05) is 0 Å². The first-order valence-electron chi connectivity index (χ1n) is 5.63. The zero-order valence-electron chi connectivity index (χ0n) is 10.6. The summed E-state index contributed by atoms with van der Waals surface area (Å²) >= 11 is 0. The highest BCUT2D eigenvalue weighted by Gasteiger charge is 2.51. The van der Waals surface area contributed by atoms with Gasteiger partial charge in [0.2, 0.25) is 15.7 Å². The number of amides is 1. The molecule has 9 heteroatoms. The maximum atomic E-state index is 12.4. The van der Waals surface area contributed by atoms with E-state index in [9.17, 15) is 23.3 Å². The second kappa shape index (κ2) is 5.97. The maximum Gasteiger partial charge on any atom is 0.321 e. The number of rotatable bonds is 6. The Bertz CT molecular complexity index is 601. The lowest BCUT2D eigenvalue weighted by molar-refractivity contribution is -0.537. The monoisotopic (exact) mass is 302 g/mol. The standard InChI is InChI=1S/C11H14N2O6S/c1-11(13(16)17,8-7-10(14)12-15)20(18,19)9-5-3-2-4-6-9/h2-6,15H,7-8H2,1H3,(H,12,14)/t11-/m0/s1. The lowest BCUT2D eigenvalue weighted by atomic mass is 10.2. The van der Waals surface area contributed by atoms with Gasteiger partial charge in [-0.05, 0) is 12.1 Å². The van der Waals surface area contributed by atoms with Crippen molar-refractivity contribution in [3.8, 4) is 0 Å². The average molecular weight is 302 g/mol. The van der Waals surface area contributed by atoms with Crippen molar-refractivity contribution in [3.05, 3.63) is 40.4 Å². The Morgan fingerprint density at radius 1 is 1.40 bits per heavy atom. The van der Waals surface area contributed by atoms with Crippen LogP contribution in [0.4, 0.5) is 0 Å². The van der Waals surface area contributed by atoms with Gasteiger partial charge < -0.3 is 0 Å². The van der Waals surface area contributed by atoms with Crippen LogP contribution in [0.2, 0.25) is 0 Å². The summed E-state index contributed by atoms with van der Waals surface area (Å²) < 4.78 is 24.7. The molecule has 0 saturated heterocycles. The molecule has 0 aromatic heterocycles. The van der Waals surface area contributed by atoms with Crippen molar-refractivity contribution in [2.45, 2.75) is 29.5 Å². The molecule has 1 aromatic rings. The topological polar surface area (TPSA) is 127 Å². The number of hydrogen-bond acceptors (Lipinski definition) is 6. The van der Waals surface area contributed by atoms with E-state index in [1.165, 1.54) is 29.7 Å². The number of nitrogens with zero attached hydrogens (tertiary/aromatic N) is 1. The summed E-state index contributed by atoms with van der Waals surface area (Å²) in [4.78, 5) is 18.7. The van der Waals surface area contributed by atoms with Crippen molar-refractivity contribution in [2.75, 3.05) is 0 Å². The number of carbonyl (C=O) groups excluding carboxylic acids is 1. The minimum Gasteiger partial charge on any atom is -0.289 e. The normalized spacial score (nSPS) is 14.3. The quantitative estimate of drug-likeness (QED) is 0.453. The Kier molecular flexibility index (Phi) is 4.79. The van der Waals surface area contributed by atoms with Crippen molar-refractivity contribution < 1.29 is 23.3 Å². The molecule has 0 radical (unpaired) electrons. The number of nitro groups is 1. The number of hydrogen-bond donors (Lipinski definition) is 2. The largest absolute Gasteiger partial charge is 0.321 e. The van der Waals surface area contributed by atoms with Crippen LogP contribution in [0.1, 0.15) is 19.8 Å². The van der Waals surface area contributed by atoms with Gasteiger partial charge in [0, 0.05) is 24.7 Å². The summed E-state index contributed by atoms with van der Waals surface area (Å²) in [7, 11) is -4.26.